The summed E-state index contributed by atoms with van der Waals surface area (Å²) in [5.41, 5.74) is 2.07. The van der Waals surface area contributed by atoms with E-state index in [0.717, 1.165) is 17.9 Å². The van der Waals surface area contributed by atoms with Crippen LogP contribution in [0, 0.1) is 0 Å². The monoisotopic (exact) mass is 455 g/mol. The standard InChI is InChI=1S/C11H17NO.C8H8F3NO.C5H11N/c1-9(12-2)8-10-4-6-11(13-3)7-5-10;1-12-6-2-4-7(5-3-6)13-8(9,10)11;1-6-4-2-3-5-6/h4-7,9,12H,8H2,1-3H3;2-5,12H,1H3;2-5H2,1H3. The summed E-state index contributed by atoms with van der Waals surface area (Å²) in [5.74, 6) is 0.701. The second-order valence-electron chi connectivity index (χ2n) is 7.57. The molecular weight excluding hydrogens is 419 g/mol. The van der Waals surface area contributed by atoms with Crippen LogP contribution in [0.2, 0.25) is 0 Å². The number of likely N-dealkylation sites (tertiary alicyclic amines) is 1. The molecule has 1 heterocycles. The molecule has 180 valence electrons. The van der Waals surface area contributed by atoms with Gasteiger partial charge in [-0.15, -0.1) is 13.2 Å². The molecule has 0 amide bonds. The summed E-state index contributed by atoms with van der Waals surface area (Å²) >= 11 is 0. The van der Waals surface area contributed by atoms with Gasteiger partial charge in [0.15, 0.2) is 0 Å². The lowest BCUT2D eigenvalue weighted by atomic mass is 10.1. The molecule has 8 heteroatoms. The molecule has 3 rings (SSSR count). The van der Waals surface area contributed by atoms with Gasteiger partial charge in [0.1, 0.15) is 11.5 Å². The maximum Gasteiger partial charge on any atom is 0.573 e. The first-order valence-corrected chi connectivity index (χ1v) is 10.7. The molecule has 0 aliphatic carbocycles. The molecule has 1 fully saturated rings. The van der Waals surface area contributed by atoms with Crippen LogP contribution in [0.3, 0.4) is 0 Å². The van der Waals surface area contributed by atoms with E-state index in [-0.39, 0.29) is 5.75 Å². The third-order valence-electron chi connectivity index (χ3n) is 4.90. The molecule has 0 spiro atoms. The van der Waals surface area contributed by atoms with Crippen molar-refractivity contribution >= 4 is 5.69 Å². The van der Waals surface area contributed by atoms with Gasteiger partial charge in [-0.2, -0.15) is 0 Å². The average Bonchev–Trinajstić information content (AvgIpc) is 3.25. The van der Waals surface area contributed by atoms with Crippen molar-refractivity contribution in [2.24, 2.45) is 0 Å². The topological polar surface area (TPSA) is 45.8 Å². The van der Waals surface area contributed by atoms with Gasteiger partial charge >= 0.3 is 6.36 Å². The zero-order valence-corrected chi connectivity index (χ0v) is 19.6. The zero-order chi connectivity index (χ0) is 24.0. The van der Waals surface area contributed by atoms with E-state index in [1.165, 1.54) is 55.8 Å². The number of hydrogen-bond acceptors (Lipinski definition) is 5. The Bertz CT molecular complexity index is 732. The number of halogens is 3. The molecule has 2 N–H and O–H groups in total. The molecule has 0 bridgehead atoms. The van der Waals surface area contributed by atoms with Crippen LogP contribution in [0.25, 0.3) is 0 Å². The molecule has 5 nitrogen and oxygen atoms in total. The number of methoxy groups -OCH3 is 1. The van der Waals surface area contributed by atoms with Gasteiger partial charge in [-0.05, 0) is 95.3 Å². The van der Waals surface area contributed by atoms with E-state index in [2.05, 4.69) is 46.4 Å². The van der Waals surface area contributed by atoms with Gasteiger partial charge in [0, 0.05) is 18.8 Å². The molecule has 0 radical (unpaired) electrons. The second kappa shape index (κ2) is 14.6. The van der Waals surface area contributed by atoms with Crippen LogP contribution in [-0.2, 0) is 6.42 Å². The van der Waals surface area contributed by atoms with Gasteiger partial charge in [0.2, 0.25) is 0 Å². The Labute approximate surface area is 189 Å². The molecule has 1 saturated heterocycles. The summed E-state index contributed by atoms with van der Waals surface area (Å²) in [6.45, 7) is 4.81. The molecule has 1 aliphatic rings. The predicted molar refractivity (Wildman–Crippen MR) is 125 cm³/mol. The minimum atomic E-state index is -4.62. The normalized spacial score (nSPS) is 14.4. The lowest BCUT2D eigenvalue weighted by Gasteiger charge is -2.09. The highest BCUT2D eigenvalue weighted by atomic mass is 19.4. The molecular formula is C24H36F3N3O2. The summed E-state index contributed by atoms with van der Waals surface area (Å²) < 4.78 is 43.8. The third kappa shape index (κ3) is 12.4. The van der Waals surface area contributed by atoms with Gasteiger partial charge in [-0.3, -0.25) is 0 Å². The average molecular weight is 456 g/mol. The minimum absolute atomic E-state index is 0.216. The first kappa shape index (κ1) is 27.6. The Morgan fingerprint density at radius 1 is 0.938 bits per heavy atom. The van der Waals surface area contributed by atoms with Crippen molar-refractivity contribution in [3.63, 3.8) is 0 Å². The molecule has 1 unspecified atom stereocenters. The quantitative estimate of drug-likeness (QED) is 0.628. The number of hydrogen-bond donors (Lipinski definition) is 2. The van der Waals surface area contributed by atoms with Crippen LogP contribution < -0.4 is 20.1 Å². The maximum atomic E-state index is 11.7. The Hall–Kier alpha value is -2.45. The summed E-state index contributed by atoms with van der Waals surface area (Å²) in [6.07, 6.45) is -0.741. The van der Waals surface area contributed by atoms with E-state index in [1.54, 1.807) is 14.2 Å². The van der Waals surface area contributed by atoms with Crippen LogP contribution >= 0.6 is 0 Å². The number of rotatable bonds is 6. The number of ether oxygens (including phenoxy) is 2. The van der Waals surface area contributed by atoms with Crippen molar-refractivity contribution in [2.75, 3.05) is 46.7 Å². The molecule has 32 heavy (non-hydrogen) atoms. The van der Waals surface area contributed by atoms with Crippen molar-refractivity contribution in [1.82, 2.24) is 10.2 Å². The number of nitrogens with one attached hydrogen (secondary N) is 2. The van der Waals surface area contributed by atoms with Gasteiger partial charge in [0.05, 0.1) is 7.11 Å². The molecule has 0 saturated carbocycles. The fourth-order valence-electron chi connectivity index (χ4n) is 2.92. The zero-order valence-electron chi connectivity index (χ0n) is 19.6. The highest BCUT2D eigenvalue weighted by molar-refractivity contribution is 5.45. The number of anilines is 1. The third-order valence-corrected chi connectivity index (χ3v) is 4.90. The van der Waals surface area contributed by atoms with Crippen LogP contribution in [0.1, 0.15) is 25.3 Å². The van der Waals surface area contributed by atoms with E-state index in [9.17, 15) is 13.2 Å². The van der Waals surface area contributed by atoms with E-state index < -0.39 is 6.36 Å². The van der Waals surface area contributed by atoms with Crippen molar-refractivity contribution in [2.45, 2.75) is 38.6 Å². The molecule has 2 aromatic rings. The smallest absolute Gasteiger partial charge is 0.497 e. The van der Waals surface area contributed by atoms with E-state index in [4.69, 9.17) is 4.74 Å². The van der Waals surface area contributed by atoms with E-state index >= 15 is 0 Å². The maximum absolute atomic E-state index is 11.7. The fraction of sp³-hybridized carbons (Fsp3) is 0.500. The molecule has 0 aromatic heterocycles. The van der Waals surface area contributed by atoms with Gasteiger partial charge in [-0.25, -0.2) is 0 Å². The SMILES string of the molecule is CN1CCCC1.CNC(C)Cc1ccc(OC)cc1.CNc1ccc(OC(F)(F)F)cc1. The summed E-state index contributed by atoms with van der Waals surface area (Å²) in [5, 5.41) is 5.99. The first-order chi connectivity index (χ1) is 15.2. The summed E-state index contributed by atoms with van der Waals surface area (Å²) in [4.78, 5) is 2.36. The summed E-state index contributed by atoms with van der Waals surface area (Å²) in [7, 11) is 7.52. The molecule has 1 atom stereocenters. The van der Waals surface area contributed by atoms with E-state index in [0.29, 0.717) is 6.04 Å². The van der Waals surface area contributed by atoms with Crippen molar-refractivity contribution in [1.29, 1.82) is 0 Å². The van der Waals surface area contributed by atoms with Crippen LogP contribution in [0.4, 0.5) is 18.9 Å². The van der Waals surface area contributed by atoms with E-state index in [1.807, 2.05) is 19.2 Å². The van der Waals surface area contributed by atoms with Crippen LogP contribution in [0.5, 0.6) is 11.5 Å². The van der Waals surface area contributed by atoms with Gasteiger partial charge in [0.25, 0.3) is 0 Å². The lowest BCUT2D eigenvalue weighted by molar-refractivity contribution is -0.274. The Balaban J connectivity index is 0.000000256. The first-order valence-electron chi connectivity index (χ1n) is 10.7. The number of likely N-dealkylation sites (N-methyl/N-ethyl adjacent to an activating group) is 1. The largest absolute Gasteiger partial charge is 0.573 e. The Morgan fingerprint density at radius 2 is 1.47 bits per heavy atom. The summed E-state index contributed by atoms with van der Waals surface area (Å²) in [6, 6.07) is 14.2. The fourth-order valence-corrected chi connectivity index (χ4v) is 2.92. The Morgan fingerprint density at radius 3 is 1.84 bits per heavy atom. The van der Waals surface area contributed by atoms with Crippen molar-refractivity contribution < 1.29 is 22.6 Å². The van der Waals surface area contributed by atoms with Gasteiger partial charge < -0.3 is 25.0 Å². The van der Waals surface area contributed by atoms with Crippen LogP contribution in [0.15, 0.2) is 48.5 Å². The molecule has 2 aromatic carbocycles. The number of benzene rings is 2. The van der Waals surface area contributed by atoms with Crippen LogP contribution in [-0.4, -0.2) is 58.6 Å². The predicted octanol–water partition coefficient (Wildman–Crippen LogP) is 5.18. The second-order valence-corrected chi connectivity index (χ2v) is 7.57. The Kier molecular flexibility index (Phi) is 12.6. The minimum Gasteiger partial charge on any atom is -0.497 e. The number of nitrogens with zero attached hydrogens (tertiary/aromatic N) is 1. The highest BCUT2D eigenvalue weighted by Gasteiger charge is 2.30. The lowest BCUT2D eigenvalue weighted by Crippen LogP contribution is -2.23. The number of alkyl halides is 3. The van der Waals surface area contributed by atoms with Crippen molar-refractivity contribution in [3.05, 3.63) is 54.1 Å². The van der Waals surface area contributed by atoms with Crippen molar-refractivity contribution in [3.8, 4) is 11.5 Å². The highest BCUT2D eigenvalue weighted by Crippen LogP contribution is 2.23. The molecule has 1 aliphatic heterocycles. The van der Waals surface area contributed by atoms with Gasteiger partial charge in [-0.1, -0.05) is 12.1 Å².